The lowest BCUT2D eigenvalue weighted by Crippen LogP contribution is -2.25. The van der Waals surface area contributed by atoms with Gasteiger partial charge in [0.2, 0.25) is 0 Å². The smallest absolute Gasteiger partial charge is 0.0961 e. The molecule has 2 unspecified atom stereocenters. The van der Waals surface area contributed by atoms with Gasteiger partial charge in [0.15, 0.2) is 0 Å². The Hall–Kier alpha value is -0.480. The minimum Gasteiger partial charge on any atom is -0.332 e. The summed E-state index contributed by atoms with van der Waals surface area (Å²) < 4.78 is 2.27. The highest BCUT2D eigenvalue weighted by Crippen LogP contribution is 2.33. The van der Waals surface area contributed by atoms with Crippen LogP contribution in [0.2, 0.25) is 0 Å². The standard InChI is InChI=1S/C11H19N3S/c1-3-5-14-8-12-6-10(14)11-13-9(4-2)7-15-11/h6,8-9,11,13H,3-5,7H2,1-2H3. The molecule has 0 amide bonds. The summed E-state index contributed by atoms with van der Waals surface area (Å²) in [6.45, 7) is 5.52. The predicted molar refractivity (Wildman–Crippen MR) is 64.9 cm³/mol. The molecule has 1 aromatic rings. The summed E-state index contributed by atoms with van der Waals surface area (Å²) >= 11 is 2.00. The van der Waals surface area contributed by atoms with E-state index in [2.05, 4.69) is 28.7 Å². The Bertz CT molecular complexity index is 311. The van der Waals surface area contributed by atoms with E-state index in [9.17, 15) is 0 Å². The van der Waals surface area contributed by atoms with Gasteiger partial charge < -0.3 is 4.57 Å². The average molecular weight is 225 g/mol. The molecular weight excluding hydrogens is 206 g/mol. The SMILES string of the molecule is CCCn1cncc1C1NC(CC)CS1. The van der Waals surface area contributed by atoms with E-state index in [1.807, 2.05) is 24.3 Å². The third-order valence-electron chi connectivity index (χ3n) is 2.82. The minimum absolute atomic E-state index is 0.448. The highest BCUT2D eigenvalue weighted by atomic mass is 32.2. The summed E-state index contributed by atoms with van der Waals surface area (Å²) in [7, 11) is 0. The van der Waals surface area contributed by atoms with Crippen molar-refractivity contribution in [2.75, 3.05) is 5.75 Å². The van der Waals surface area contributed by atoms with E-state index in [0.29, 0.717) is 11.4 Å². The normalized spacial score (nSPS) is 26.0. The van der Waals surface area contributed by atoms with Crippen molar-refractivity contribution in [3.05, 3.63) is 18.2 Å². The summed E-state index contributed by atoms with van der Waals surface area (Å²) in [5.41, 5.74) is 1.33. The van der Waals surface area contributed by atoms with Gasteiger partial charge in [-0.1, -0.05) is 13.8 Å². The first-order valence-corrected chi connectivity index (χ1v) is 6.77. The molecule has 0 saturated carbocycles. The Balaban J connectivity index is 2.06. The second-order valence-corrected chi connectivity index (χ2v) is 5.14. The van der Waals surface area contributed by atoms with Crippen LogP contribution < -0.4 is 5.32 Å². The van der Waals surface area contributed by atoms with Gasteiger partial charge in [-0.05, 0) is 12.8 Å². The summed E-state index contributed by atoms with van der Waals surface area (Å²) in [6, 6.07) is 0.671. The molecule has 0 aromatic carbocycles. The number of hydrogen-bond donors (Lipinski definition) is 1. The van der Waals surface area contributed by atoms with Crippen LogP contribution in [-0.4, -0.2) is 21.3 Å². The molecule has 2 atom stereocenters. The number of rotatable bonds is 4. The van der Waals surface area contributed by atoms with Gasteiger partial charge in [-0.3, -0.25) is 5.32 Å². The number of imidazole rings is 1. The fourth-order valence-electron chi connectivity index (χ4n) is 1.91. The Morgan fingerprint density at radius 1 is 1.60 bits per heavy atom. The first-order valence-electron chi connectivity index (χ1n) is 5.72. The maximum absolute atomic E-state index is 4.25. The lowest BCUT2D eigenvalue weighted by molar-refractivity contribution is 0.535. The first kappa shape index (κ1) is 11.0. The molecule has 1 N–H and O–H groups in total. The highest BCUT2D eigenvalue weighted by molar-refractivity contribution is 7.99. The van der Waals surface area contributed by atoms with Gasteiger partial charge in [-0.2, -0.15) is 0 Å². The molecule has 0 bridgehead atoms. The van der Waals surface area contributed by atoms with Crippen molar-refractivity contribution in [3.8, 4) is 0 Å². The van der Waals surface area contributed by atoms with Crippen LogP contribution in [0, 0.1) is 0 Å². The summed E-state index contributed by atoms with van der Waals surface area (Å²) in [4.78, 5) is 4.25. The van der Waals surface area contributed by atoms with Crippen molar-refractivity contribution < 1.29 is 0 Å². The summed E-state index contributed by atoms with van der Waals surface area (Å²) in [5.74, 6) is 1.22. The monoisotopic (exact) mass is 225 g/mol. The maximum Gasteiger partial charge on any atom is 0.0961 e. The molecule has 0 aliphatic carbocycles. The van der Waals surface area contributed by atoms with Gasteiger partial charge in [-0.25, -0.2) is 4.98 Å². The molecule has 1 aliphatic heterocycles. The zero-order valence-electron chi connectivity index (χ0n) is 9.44. The van der Waals surface area contributed by atoms with Gasteiger partial charge in [-0.15, -0.1) is 11.8 Å². The van der Waals surface area contributed by atoms with Crippen LogP contribution in [0.4, 0.5) is 0 Å². The van der Waals surface area contributed by atoms with Crippen LogP contribution >= 0.6 is 11.8 Å². The lowest BCUT2D eigenvalue weighted by Gasteiger charge is -2.14. The van der Waals surface area contributed by atoms with Crippen molar-refractivity contribution in [2.45, 2.75) is 44.6 Å². The van der Waals surface area contributed by atoms with E-state index in [0.717, 1.165) is 13.0 Å². The maximum atomic E-state index is 4.25. The van der Waals surface area contributed by atoms with Crippen molar-refractivity contribution in [3.63, 3.8) is 0 Å². The van der Waals surface area contributed by atoms with E-state index in [4.69, 9.17) is 0 Å². The molecule has 1 saturated heterocycles. The van der Waals surface area contributed by atoms with Crippen LogP contribution in [0.1, 0.15) is 37.8 Å². The quantitative estimate of drug-likeness (QED) is 0.853. The molecule has 2 rings (SSSR count). The molecule has 15 heavy (non-hydrogen) atoms. The topological polar surface area (TPSA) is 29.9 Å². The number of hydrogen-bond acceptors (Lipinski definition) is 3. The minimum atomic E-state index is 0.448. The average Bonchev–Trinajstić information content (AvgIpc) is 2.85. The van der Waals surface area contributed by atoms with Gasteiger partial charge in [0.1, 0.15) is 0 Å². The summed E-state index contributed by atoms with van der Waals surface area (Å²) in [5, 5.41) is 4.09. The number of nitrogens with one attached hydrogen (secondary N) is 1. The number of aromatic nitrogens is 2. The lowest BCUT2D eigenvalue weighted by atomic mass is 10.2. The van der Waals surface area contributed by atoms with Crippen molar-refractivity contribution in [2.24, 2.45) is 0 Å². The Kier molecular flexibility index (Phi) is 3.70. The van der Waals surface area contributed by atoms with Gasteiger partial charge in [0.05, 0.1) is 23.6 Å². The van der Waals surface area contributed by atoms with Crippen LogP contribution in [0.25, 0.3) is 0 Å². The molecule has 1 aromatic heterocycles. The number of thioether (sulfide) groups is 1. The van der Waals surface area contributed by atoms with Crippen molar-refractivity contribution in [1.82, 2.24) is 14.9 Å². The molecule has 2 heterocycles. The summed E-state index contributed by atoms with van der Waals surface area (Å²) in [6.07, 6.45) is 6.32. The molecular formula is C11H19N3S. The Morgan fingerprint density at radius 2 is 2.47 bits per heavy atom. The predicted octanol–water partition coefficient (Wildman–Crippen LogP) is 2.41. The van der Waals surface area contributed by atoms with E-state index < -0.39 is 0 Å². The zero-order chi connectivity index (χ0) is 10.7. The Labute approximate surface area is 95.7 Å². The zero-order valence-corrected chi connectivity index (χ0v) is 10.3. The van der Waals surface area contributed by atoms with E-state index in [1.54, 1.807) is 0 Å². The molecule has 3 nitrogen and oxygen atoms in total. The molecule has 84 valence electrons. The second-order valence-electron chi connectivity index (χ2n) is 4.00. The number of aryl methyl sites for hydroxylation is 1. The van der Waals surface area contributed by atoms with Gasteiger partial charge in [0.25, 0.3) is 0 Å². The van der Waals surface area contributed by atoms with Crippen molar-refractivity contribution in [1.29, 1.82) is 0 Å². The van der Waals surface area contributed by atoms with Crippen LogP contribution in [0.3, 0.4) is 0 Å². The molecule has 0 radical (unpaired) electrons. The van der Waals surface area contributed by atoms with Crippen molar-refractivity contribution >= 4 is 11.8 Å². The molecule has 0 spiro atoms. The third-order valence-corrected chi connectivity index (χ3v) is 4.13. The van der Waals surface area contributed by atoms with E-state index in [1.165, 1.54) is 17.9 Å². The van der Waals surface area contributed by atoms with Crippen LogP contribution in [0.5, 0.6) is 0 Å². The Morgan fingerprint density at radius 3 is 3.13 bits per heavy atom. The first-order chi connectivity index (χ1) is 7.35. The van der Waals surface area contributed by atoms with E-state index >= 15 is 0 Å². The highest BCUT2D eigenvalue weighted by Gasteiger charge is 2.26. The molecule has 1 fully saturated rings. The molecule has 1 aliphatic rings. The van der Waals surface area contributed by atoms with Crippen LogP contribution in [0.15, 0.2) is 12.5 Å². The number of nitrogens with zero attached hydrogens (tertiary/aromatic N) is 2. The van der Waals surface area contributed by atoms with Crippen LogP contribution in [-0.2, 0) is 6.54 Å². The fraction of sp³-hybridized carbons (Fsp3) is 0.727. The molecule has 4 heteroatoms. The van der Waals surface area contributed by atoms with Gasteiger partial charge >= 0.3 is 0 Å². The van der Waals surface area contributed by atoms with E-state index in [-0.39, 0.29) is 0 Å². The fourth-order valence-corrected chi connectivity index (χ4v) is 3.32. The largest absolute Gasteiger partial charge is 0.332 e. The van der Waals surface area contributed by atoms with Gasteiger partial charge in [0, 0.05) is 18.3 Å². The second kappa shape index (κ2) is 5.03. The third kappa shape index (κ3) is 2.37.